The van der Waals surface area contributed by atoms with Gasteiger partial charge in [-0.25, -0.2) is 0 Å². The van der Waals surface area contributed by atoms with Crippen LogP contribution in [0.15, 0.2) is 0 Å². The fraction of sp³-hybridized carbons (Fsp3) is 0.933. The van der Waals surface area contributed by atoms with Gasteiger partial charge in [0.2, 0.25) is 0 Å². The molecular weight excluding hydrogens is 408 g/mol. The molecule has 5 saturated carbocycles. The molecule has 0 heterocycles. The van der Waals surface area contributed by atoms with Gasteiger partial charge in [0, 0.05) is 36.2 Å². The standard InChI is InChI=1S/C30H48O3/c1-19-20(32)8-9-21-27(19,5)11-10-22-28(6)13-12-26(4)17-24(33)25(2,3)16-23(26)29(28,7)14-15-30(21,22)18-31/h19,21-23,31H,8-18H2,1-7H3. The summed E-state index contributed by atoms with van der Waals surface area (Å²) in [5.41, 5.74) is 0.257. The molecule has 5 fully saturated rings. The molecular formula is C30H48O3. The predicted molar refractivity (Wildman–Crippen MR) is 132 cm³/mol. The Kier molecular flexibility index (Phi) is 5.06. The summed E-state index contributed by atoms with van der Waals surface area (Å²) in [5.74, 6) is 2.53. The van der Waals surface area contributed by atoms with Gasteiger partial charge in [0.05, 0.1) is 0 Å². The van der Waals surface area contributed by atoms with Crippen molar-refractivity contribution in [2.75, 3.05) is 6.61 Å². The van der Waals surface area contributed by atoms with Crippen LogP contribution in [0.25, 0.3) is 0 Å². The smallest absolute Gasteiger partial charge is 0.139 e. The van der Waals surface area contributed by atoms with E-state index in [2.05, 4.69) is 48.5 Å². The largest absolute Gasteiger partial charge is 0.396 e. The second-order valence-electron chi connectivity index (χ2n) is 15.0. The number of hydrogen-bond donors (Lipinski definition) is 1. The van der Waals surface area contributed by atoms with Crippen LogP contribution in [0.3, 0.4) is 0 Å². The SMILES string of the molecule is CC1C(=O)CCC2C1(C)CCC1C2(CO)CCC2(C)C3CC(C)(C)C(=O)CC3(C)CCC12C. The highest BCUT2D eigenvalue weighted by Crippen LogP contribution is 2.78. The zero-order valence-corrected chi connectivity index (χ0v) is 22.4. The van der Waals surface area contributed by atoms with Gasteiger partial charge in [0.1, 0.15) is 11.6 Å². The lowest BCUT2D eigenvalue weighted by atomic mass is 9.30. The number of rotatable bonds is 1. The number of hydrogen-bond acceptors (Lipinski definition) is 3. The minimum atomic E-state index is -0.221. The van der Waals surface area contributed by atoms with E-state index in [4.69, 9.17) is 0 Å². The lowest BCUT2D eigenvalue weighted by molar-refractivity contribution is -0.265. The molecule has 0 bridgehead atoms. The van der Waals surface area contributed by atoms with E-state index in [1.807, 2.05) is 0 Å². The molecule has 0 aliphatic heterocycles. The summed E-state index contributed by atoms with van der Waals surface area (Å²) in [7, 11) is 0. The predicted octanol–water partition coefficient (Wildman–Crippen LogP) is 6.61. The van der Waals surface area contributed by atoms with Gasteiger partial charge in [-0.15, -0.1) is 0 Å². The summed E-state index contributed by atoms with van der Waals surface area (Å²) in [4.78, 5) is 25.8. The van der Waals surface area contributed by atoms with E-state index >= 15 is 0 Å². The molecule has 0 spiro atoms. The Morgan fingerprint density at radius 2 is 1.45 bits per heavy atom. The van der Waals surface area contributed by atoms with E-state index in [0.717, 1.165) is 51.4 Å². The number of aliphatic hydroxyl groups excluding tert-OH is 1. The third kappa shape index (κ3) is 2.78. The van der Waals surface area contributed by atoms with Crippen LogP contribution in [-0.2, 0) is 9.59 Å². The Balaban J connectivity index is 1.58. The Morgan fingerprint density at radius 1 is 0.818 bits per heavy atom. The van der Waals surface area contributed by atoms with Crippen molar-refractivity contribution < 1.29 is 14.7 Å². The third-order valence-electron chi connectivity index (χ3n) is 13.6. The molecule has 9 atom stereocenters. The lowest BCUT2D eigenvalue weighted by Gasteiger charge is -2.74. The lowest BCUT2D eigenvalue weighted by Crippen LogP contribution is -2.69. The van der Waals surface area contributed by atoms with Crippen LogP contribution in [0.5, 0.6) is 0 Å². The minimum Gasteiger partial charge on any atom is -0.396 e. The molecule has 0 aromatic carbocycles. The summed E-state index contributed by atoms with van der Waals surface area (Å²) >= 11 is 0. The molecule has 5 aliphatic rings. The van der Waals surface area contributed by atoms with Crippen LogP contribution < -0.4 is 0 Å². The van der Waals surface area contributed by atoms with Crippen LogP contribution in [0, 0.1) is 56.2 Å². The maximum Gasteiger partial charge on any atom is 0.139 e. The maximum atomic E-state index is 13.0. The van der Waals surface area contributed by atoms with Gasteiger partial charge in [-0.05, 0) is 90.8 Å². The van der Waals surface area contributed by atoms with Gasteiger partial charge < -0.3 is 5.11 Å². The van der Waals surface area contributed by atoms with Crippen molar-refractivity contribution in [3.63, 3.8) is 0 Å². The Labute approximate surface area is 201 Å². The highest BCUT2D eigenvalue weighted by Gasteiger charge is 2.72. The molecule has 186 valence electrons. The van der Waals surface area contributed by atoms with Crippen molar-refractivity contribution in [1.29, 1.82) is 0 Å². The first-order chi connectivity index (χ1) is 15.2. The minimum absolute atomic E-state index is 0.0289. The van der Waals surface area contributed by atoms with Crippen molar-refractivity contribution >= 4 is 11.6 Å². The molecule has 9 unspecified atom stereocenters. The normalized spacial score (nSPS) is 55.8. The Hall–Kier alpha value is -0.700. The average Bonchev–Trinajstić information content (AvgIpc) is 2.75. The number of Topliss-reactive ketones (excluding diaryl/α,β-unsaturated/α-hetero) is 2. The molecule has 3 heteroatoms. The monoisotopic (exact) mass is 456 g/mol. The van der Waals surface area contributed by atoms with E-state index in [1.165, 1.54) is 6.42 Å². The molecule has 5 rings (SSSR count). The number of carbonyl (C=O) groups is 2. The summed E-state index contributed by atoms with van der Waals surface area (Å²) in [5, 5.41) is 11.1. The van der Waals surface area contributed by atoms with Crippen LogP contribution in [0.2, 0.25) is 0 Å². The second kappa shape index (κ2) is 6.95. The topological polar surface area (TPSA) is 54.4 Å². The van der Waals surface area contributed by atoms with Crippen molar-refractivity contribution in [3.05, 3.63) is 0 Å². The van der Waals surface area contributed by atoms with Crippen LogP contribution in [0.1, 0.15) is 113 Å². The summed E-state index contributed by atoms with van der Waals surface area (Å²) in [6, 6.07) is 0. The molecule has 0 aromatic heterocycles. The van der Waals surface area contributed by atoms with Crippen LogP contribution in [0.4, 0.5) is 0 Å². The Bertz CT molecular complexity index is 876. The average molecular weight is 457 g/mol. The summed E-state index contributed by atoms with van der Waals surface area (Å²) in [6.07, 6.45) is 10.2. The first-order valence-corrected chi connectivity index (χ1v) is 13.9. The van der Waals surface area contributed by atoms with E-state index in [-0.39, 0.29) is 45.0 Å². The van der Waals surface area contributed by atoms with Gasteiger partial charge in [0.15, 0.2) is 0 Å². The van der Waals surface area contributed by atoms with Gasteiger partial charge >= 0.3 is 0 Å². The Morgan fingerprint density at radius 3 is 2.12 bits per heavy atom. The molecule has 0 saturated heterocycles. The first-order valence-electron chi connectivity index (χ1n) is 13.9. The number of carbonyl (C=O) groups excluding carboxylic acids is 2. The van der Waals surface area contributed by atoms with Crippen molar-refractivity contribution in [3.8, 4) is 0 Å². The van der Waals surface area contributed by atoms with Crippen molar-refractivity contribution in [1.82, 2.24) is 0 Å². The van der Waals surface area contributed by atoms with Gasteiger partial charge in [-0.1, -0.05) is 48.5 Å². The third-order valence-corrected chi connectivity index (χ3v) is 13.6. The zero-order valence-electron chi connectivity index (χ0n) is 22.4. The maximum absolute atomic E-state index is 13.0. The highest BCUT2D eigenvalue weighted by molar-refractivity contribution is 5.85. The first kappa shape index (κ1) is 24.0. The molecule has 0 amide bonds. The van der Waals surface area contributed by atoms with Crippen molar-refractivity contribution in [2.24, 2.45) is 56.2 Å². The highest BCUT2D eigenvalue weighted by atomic mass is 16.3. The zero-order chi connectivity index (χ0) is 24.2. The molecule has 5 aliphatic carbocycles. The molecule has 0 aromatic rings. The van der Waals surface area contributed by atoms with Gasteiger partial charge in [0.25, 0.3) is 0 Å². The number of ketones is 2. The van der Waals surface area contributed by atoms with E-state index in [0.29, 0.717) is 35.7 Å². The van der Waals surface area contributed by atoms with Gasteiger partial charge in [-0.3, -0.25) is 9.59 Å². The fourth-order valence-electron chi connectivity index (χ4n) is 11.0. The van der Waals surface area contributed by atoms with E-state index < -0.39 is 0 Å². The number of aliphatic hydroxyl groups is 1. The molecule has 0 radical (unpaired) electrons. The van der Waals surface area contributed by atoms with E-state index in [9.17, 15) is 14.7 Å². The second-order valence-corrected chi connectivity index (χ2v) is 15.0. The van der Waals surface area contributed by atoms with Crippen LogP contribution in [-0.4, -0.2) is 23.3 Å². The van der Waals surface area contributed by atoms with E-state index in [1.54, 1.807) is 0 Å². The molecule has 1 N–H and O–H groups in total. The van der Waals surface area contributed by atoms with Crippen LogP contribution >= 0.6 is 0 Å². The quantitative estimate of drug-likeness (QED) is 0.483. The number of fused-ring (bicyclic) bond motifs is 7. The molecule has 3 nitrogen and oxygen atoms in total. The summed E-state index contributed by atoms with van der Waals surface area (Å²) in [6.45, 7) is 16.7. The van der Waals surface area contributed by atoms with Gasteiger partial charge in [-0.2, -0.15) is 0 Å². The fourth-order valence-corrected chi connectivity index (χ4v) is 11.0. The van der Waals surface area contributed by atoms with Crippen molar-refractivity contribution in [2.45, 2.75) is 113 Å². The molecule has 33 heavy (non-hydrogen) atoms. The summed E-state index contributed by atoms with van der Waals surface area (Å²) < 4.78 is 0.